The van der Waals surface area contributed by atoms with E-state index in [9.17, 15) is 23.1 Å². The van der Waals surface area contributed by atoms with Crippen LogP contribution < -0.4 is 5.32 Å². The lowest BCUT2D eigenvalue weighted by Crippen LogP contribution is -2.43. The van der Waals surface area contributed by atoms with E-state index < -0.39 is 23.5 Å². The molecule has 1 saturated carbocycles. The number of alkyl carbamates (subject to hydrolysis) is 1. The Kier molecular flexibility index (Phi) is 4.39. The third-order valence-electron chi connectivity index (χ3n) is 3.05. The highest BCUT2D eigenvalue weighted by atomic mass is 19.4. The average Bonchev–Trinajstić information content (AvgIpc) is 2.55. The van der Waals surface area contributed by atoms with Crippen LogP contribution in [0.15, 0.2) is 0 Å². The van der Waals surface area contributed by atoms with Crippen LogP contribution in [0.4, 0.5) is 18.0 Å². The summed E-state index contributed by atoms with van der Waals surface area (Å²) in [4.78, 5) is 11.4. The standard InChI is InChI=1S/C12H20F3NO3/c1-10(2,3)19-9(17)16-7-8-4-5-11(18,6-8)12(13,14)15/h8,18H,4-7H2,1-3H3,(H,16,17). The number of halogens is 3. The summed E-state index contributed by atoms with van der Waals surface area (Å²) in [6, 6.07) is 0. The maximum Gasteiger partial charge on any atom is 0.417 e. The number of hydrogen-bond acceptors (Lipinski definition) is 3. The van der Waals surface area contributed by atoms with Crippen molar-refractivity contribution in [3.8, 4) is 0 Å². The van der Waals surface area contributed by atoms with E-state index in [4.69, 9.17) is 4.74 Å². The molecule has 1 rings (SSSR count). The highest BCUT2D eigenvalue weighted by Gasteiger charge is 2.57. The second kappa shape index (κ2) is 5.19. The smallest absolute Gasteiger partial charge is 0.417 e. The molecule has 0 heterocycles. The molecule has 2 atom stereocenters. The van der Waals surface area contributed by atoms with Crippen LogP contribution in [0.2, 0.25) is 0 Å². The van der Waals surface area contributed by atoms with Gasteiger partial charge in [0, 0.05) is 6.54 Å². The van der Waals surface area contributed by atoms with Gasteiger partial charge in [-0.25, -0.2) is 4.79 Å². The van der Waals surface area contributed by atoms with Gasteiger partial charge >= 0.3 is 12.3 Å². The van der Waals surface area contributed by atoms with Gasteiger partial charge in [0.2, 0.25) is 0 Å². The zero-order chi connectivity index (χ0) is 14.9. The molecule has 0 bridgehead atoms. The molecule has 0 saturated heterocycles. The molecular formula is C12H20F3NO3. The van der Waals surface area contributed by atoms with Crippen molar-refractivity contribution >= 4 is 6.09 Å². The van der Waals surface area contributed by atoms with Crippen LogP contribution in [0.3, 0.4) is 0 Å². The van der Waals surface area contributed by atoms with Gasteiger partial charge in [-0.1, -0.05) is 0 Å². The van der Waals surface area contributed by atoms with Crippen LogP contribution in [-0.2, 0) is 4.74 Å². The largest absolute Gasteiger partial charge is 0.444 e. The van der Waals surface area contributed by atoms with Crippen molar-refractivity contribution in [1.82, 2.24) is 5.32 Å². The van der Waals surface area contributed by atoms with Gasteiger partial charge in [-0.2, -0.15) is 13.2 Å². The molecule has 19 heavy (non-hydrogen) atoms. The monoisotopic (exact) mass is 283 g/mol. The number of carbonyl (C=O) groups excluding carboxylic acids is 1. The molecule has 2 N–H and O–H groups in total. The Morgan fingerprint density at radius 3 is 2.42 bits per heavy atom. The molecule has 2 unspecified atom stereocenters. The Bertz CT molecular complexity index is 338. The summed E-state index contributed by atoms with van der Waals surface area (Å²) in [7, 11) is 0. The molecular weight excluding hydrogens is 263 g/mol. The maximum atomic E-state index is 12.6. The van der Waals surface area contributed by atoms with E-state index in [0.717, 1.165) is 0 Å². The Labute approximate surface area is 110 Å². The first-order chi connectivity index (χ1) is 8.43. The van der Waals surface area contributed by atoms with Gasteiger partial charge in [0.15, 0.2) is 5.60 Å². The Morgan fingerprint density at radius 2 is 2.00 bits per heavy atom. The second-order valence-corrected chi connectivity index (χ2v) is 6.02. The summed E-state index contributed by atoms with van der Waals surface area (Å²) in [6.07, 6.45) is -5.75. The van der Waals surface area contributed by atoms with E-state index in [1.807, 2.05) is 0 Å². The van der Waals surface area contributed by atoms with Crippen LogP contribution in [-0.4, -0.2) is 35.1 Å². The highest BCUT2D eigenvalue weighted by molar-refractivity contribution is 5.67. The molecule has 4 nitrogen and oxygen atoms in total. The minimum atomic E-state index is -4.62. The molecule has 0 aliphatic heterocycles. The molecule has 1 aliphatic carbocycles. The number of hydrogen-bond donors (Lipinski definition) is 2. The number of amides is 1. The lowest BCUT2D eigenvalue weighted by atomic mass is 10.00. The van der Waals surface area contributed by atoms with Crippen molar-refractivity contribution in [2.75, 3.05) is 6.54 Å². The van der Waals surface area contributed by atoms with Gasteiger partial charge in [-0.3, -0.25) is 0 Å². The van der Waals surface area contributed by atoms with Crippen LogP contribution in [0.25, 0.3) is 0 Å². The Balaban J connectivity index is 2.40. The fraction of sp³-hybridized carbons (Fsp3) is 0.917. The number of aliphatic hydroxyl groups is 1. The second-order valence-electron chi connectivity index (χ2n) is 6.02. The van der Waals surface area contributed by atoms with Crippen LogP contribution in [0.1, 0.15) is 40.0 Å². The van der Waals surface area contributed by atoms with E-state index in [2.05, 4.69) is 5.32 Å². The third-order valence-corrected chi connectivity index (χ3v) is 3.05. The third kappa shape index (κ3) is 4.56. The summed E-state index contributed by atoms with van der Waals surface area (Å²) in [5.74, 6) is -0.390. The fourth-order valence-electron chi connectivity index (χ4n) is 2.10. The molecule has 1 amide bonds. The molecule has 0 aromatic carbocycles. The molecule has 0 radical (unpaired) electrons. The van der Waals surface area contributed by atoms with Gasteiger partial charge in [0.25, 0.3) is 0 Å². The number of ether oxygens (including phenoxy) is 1. The number of alkyl halides is 3. The van der Waals surface area contributed by atoms with Crippen molar-refractivity contribution in [1.29, 1.82) is 0 Å². The van der Waals surface area contributed by atoms with E-state index in [0.29, 0.717) is 0 Å². The summed E-state index contributed by atoms with van der Waals surface area (Å²) in [5.41, 5.74) is -3.26. The fourth-order valence-corrected chi connectivity index (χ4v) is 2.10. The number of nitrogens with one attached hydrogen (secondary N) is 1. The molecule has 0 spiro atoms. The molecule has 0 aromatic heterocycles. The SMILES string of the molecule is CC(C)(C)OC(=O)NCC1CCC(O)(C(F)(F)F)C1. The quantitative estimate of drug-likeness (QED) is 0.819. The first-order valence-electron chi connectivity index (χ1n) is 6.19. The minimum absolute atomic E-state index is 0.0767. The zero-order valence-corrected chi connectivity index (χ0v) is 11.3. The van der Waals surface area contributed by atoms with Crippen molar-refractivity contribution in [3.63, 3.8) is 0 Å². The summed E-state index contributed by atoms with van der Waals surface area (Å²) in [6.45, 7) is 5.17. The van der Waals surface area contributed by atoms with E-state index in [1.165, 1.54) is 0 Å². The van der Waals surface area contributed by atoms with Crippen molar-refractivity contribution in [2.24, 2.45) is 5.92 Å². The predicted molar refractivity (Wildman–Crippen MR) is 62.6 cm³/mol. The number of rotatable bonds is 2. The summed E-state index contributed by atoms with van der Waals surface area (Å²) < 4.78 is 42.7. The van der Waals surface area contributed by atoms with E-state index in [-0.39, 0.29) is 31.7 Å². The molecule has 112 valence electrons. The molecule has 1 aliphatic rings. The molecule has 0 aromatic rings. The van der Waals surface area contributed by atoms with E-state index >= 15 is 0 Å². The zero-order valence-electron chi connectivity index (χ0n) is 11.3. The highest BCUT2D eigenvalue weighted by Crippen LogP contribution is 2.45. The number of carbonyl (C=O) groups is 1. The van der Waals surface area contributed by atoms with Crippen molar-refractivity contribution < 1.29 is 27.8 Å². The molecule has 7 heteroatoms. The Morgan fingerprint density at radius 1 is 1.42 bits per heavy atom. The normalized spacial score (nSPS) is 28.3. The summed E-state index contributed by atoms with van der Waals surface area (Å²) in [5, 5.41) is 11.9. The lowest BCUT2D eigenvalue weighted by Gasteiger charge is -2.26. The first kappa shape index (κ1) is 16.1. The average molecular weight is 283 g/mol. The predicted octanol–water partition coefficient (Wildman–Crippen LogP) is 2.60. The van der Waals surface area contributed by atoms with Crippen molar-refractivity contribution in [3.05, 3.63) is 0 Å². The lowest BCUT2D eigenvalue weighted by molar-refractivity contribution is -0.258. The van der Waals surface area contributed by atoms with Crippen molar-refractivity contribution in [2.45, 2.75) is 57.4 Å². The van der Waals surface area contributed by atoms with Crippen LogP contribution in [0, 0.1) is 5.92 Å². The van der Waals surface area contributed by atoms with Gasteiger partial charge in [-0.05, 0) is 46.0 Å². The first-order valence-corrected chi connectivity index (χ1v) is 6.19. The van der Waals surface area contributed by atoms with E-state index in [1.54, 1.807) is 20.8 Å². The summed E-state index contributed by atoms with van der Waals surface area (Å²) >= 11 is 0. The minimum Gasteiger partial charge on any atom is -0.444 e. The van der Waals surface area contributed by atoms with Crippen LogP contribution in [0.5, 0.6) is 0 Å². The van der Waals surface area contributed by atoms with Crippen LogP contribution >= 0.6 is 0 Å². The molecule has 1 fully saturated rings. The maximum absolute atomic E-state index is 12.6. The Hall–Kier alpha value is -0.980. The van der Waals surface area contributed by atoms with Gasteiger partial charge < -0.3 is 15.2 Å². The van der Waals surface area contributed by atoms with Gasteiger partial charge in [-0.15, -0.1) is 0 Å². The topological polar surface area (TPSA) is 58.6 Å². The van der Waals surface area contributed by atoms with Gasteiger partial charge in [0.1, 0.15) is 5.60 Å². The van der Waals surface area contributed by atoms with Gasteiger partial charge in [0.05, 0.1) is 0 Å².